The average Bonchev–Trinajstić information content (AvgIpc) is 2.70. The number of hydrogen-bond donors (Lipinski definition) is 1. The van der Waals surface area contributed by atoms with Gasteiger partial charge in [-0.05, 0) is 38.3 Å². The maximum Gasteiger partial charge on any atom is 0.128 e. The third-order valence-corrected chi connectivity index (χ3v) is 6.02. The molecular formula is C20H32N4O. The molecule has 5 nitrogen and oxygen atoms in total. The Hall–Kier alpha value is -1.33. The number of pyridine rings is 1. The maximum absolute atomic E-state index is 5.46. The van der Waals surface area contributed by atoms with Crippen LogP contribution in [0.4, 0.5) is 11.5 Å². The van der Waals surface area contributed by atoms with Gasteiger partial charge in [0.1, 0.15) is 5.82 Å². The van der Waals surface area contributed by atoms with E-state index in [1.54, 1.807) is 0 Å². The van der Waals surface area contributed by atoms with Crippen molar-refractivity contribution in [3.05, 3.63) is 18.3 Å². The largest absolute Gasteiger partial charge is 0.378 e. The van der Waals surface area contributed by atoms with Crippen LogP contribution < -0.4 is 10.2 Å². The molecule has 1 aromatic rings. The van der Waals surface area contributed by atoms with Crippen LogP contribution in [-0.4, -0.2) is 61.4 Å². The summed E-state index contributed by atoms with van der Waals surface area (Å²) in [5.41, 5.74) is 1.26. The molecule has 1 N–H and O–H groups in total. The van der Waals surface area contributed by atoms with Crippen LogP contribution in [0.25, 0.3) is 0 Å². The Morgan fingerprint density at radius 2 is 1.84 bits per heavy atom. The van der Waals surface area contributed by atoms with Gasteiger partial charge in [-0.25, -0.2) is 4.98 Å². The number of aromatic nitrogens is 1. The highest BCUT2D eigenvalue weighted by atomic mass is 16.5. The van der Waals surface area contributed by atoms with Gasteiger partial charge in [-0.1, -0.05) is 19.3 Å². The van der Waals surface area contributed by atoms with Crippen molar-refractivity contribution in [1.82, 2.24) is 9.88 Å². The van der Waals surface area contributed by atoms with Crippen molar-refractivity contribution in [2.24, 2.45) is 0 Å². The summed E-state index contributed by atoms with van der Waals surface area (Å²) >= 11 is 0. The third-order valence-electron chi connectivity index (χ3n) is 6.02. The van der Waals surface area contributed by atoms with Gasteiger partial charge in [0.2, 0.25) is 0 Å². The van der Waals surface area contributed by atoms with Crippen molar-refractivity contribution < 1.29 is 4.74 Å². The lowest BCUT2D eigenvalue weighted by atomic mass is 9.92. The zero-order valence-corrected chi connectivity index (χ0v) is 15.3. The molecule has 2 aliphatic heterocycles. The van der Waals surface area contributed by atoms with Crippen molar-refractivity contribution in [3.8, 4) is 0 Å². The van der Waals surface area contributed by atoms with Crippen LogP contribution in [0.3, 0.4) is 0 Å². The maximum atomic E-state index is 5.46. The molecule has 0 spiro atoms. The number of rotatable bonds is 4. The van der Waals surface area contributed by atoms with Gasteiger partial charge in [0.25, 0.3) is 0 Å². The number of nitrogens with zero attached hydrogens (tertiary/aromatic N) is 3. The Bertz CT molecular complexity index is 540. The number of piperidine rings is 1. The molecule has 3 heterocycles. The third kappa shape index (κ3) is 4.45. The summed E-state index contributed by atoms with van der Waals surface area (Å²) in [5, 5.41) is 3.72. The fourth-order valence-electron chi connectivity index (χ4n) is 4.63. The first-order valence-corrected chi connectivity index (χ1v) is 10.2. The predicted octanol–water partition coefficient (Wildman–Crippen LogP) is 3.13. The van der Waals surface area contributed by atoms with Gasteiger partial charge in [0.05, 0.1) is 13.2 Å². The number of hydrogen-bond acceptors (Lipinski definition) is 5. The molecule has 0 bridgehead atoms. The smallest absolute Gasteiger partial charge is 0.128 e. The topological polar surface area (TPSA) is 40.6 Å². The lowest BCUT2D eigenvalue weighted by molar-refractivity contribution is 0.122. The van der Waals surface area contributed by atoms with E-state index in [4.69, 9.17) is 4.74 Å². The molecule has 1 aromatic heterocycles. The number of likely N-dealkylation sites (tertiary alicyclic amines) is 1. The molecule has 2 saturated heterocycles. The Kier molecular flexibility index (Phi) is 5.72. The second kappa shape index (κ2) is 8.37. The molecule has 138 valence electrons. The number of anilines is 2. The summed E-state index contributed by atoms with van der Waals surface area (Å²) < 4.78 is 5.46. The van der Waals surface area contributed by atoms with Crippen LogP contribution in [0.5, 0.6) is 0 Å². The van der Waals surface area contributed by atoms with Crippen LogP contribution in [0.15, 0.2) is 18.3 Å². The summed E-state index contributed by atoms with van der Waals surface area (Å²) in [6.45, 7) is 6.05. The molecule has 0 amide bonds. The van der Waals surface area contributed by atoms with Crippen LogP contribution in [0.1, 0.15) is 44.9 Å². The highest BCUT2D eigenvalue weighted by Crippen LogP contribution is 2.26. The second-order valence-electron chi connectivity index (χ2n) is 7.77. The van der Waals surface area contributed by atoms with Crippen molar-refractivity contribution in [2.75, 3.05) is 49.6 Å². The number of nitrogens with one attached hydrogen (secondary N) is 1. The van der Waals surface area contributed by atoms with Crippen LogP contribution in [0, 0.1) is 0 Å². The molecule has 3 fully saturated rings. The van der Waals surface area contributed by atoms with E-state index >= 15 is 0 Å². The zero-order chi connectivity index (χ0) is 16.9. The number of morpholine rings is 1. The van der Waals surface area contributed by atoms with Gasteiger partial charge in [-0.15, -0.1) is 0 Å². The molecular weight excluding hydrogens is 312 g/mol. The Morgan fingerprint density at radius 1 is 1.00 bits per heavy atom. The van der Waals surface area contributed by atoms with Crippen molar-refractivity contribution in [3.63, 3.8) is 0 Å². The Morgan fingerprint density at radius 3 is 2.68 bits per heavy atom. The molecule has 1 aliphatic carbocycles. The summed E-state index contributed by atoms with van der Waals surface area (Å²) in [4.78, 5) is 9.71. The lowest BCUT2D eigenvalue weighted by Gasteiger charge is -2.40. The fraction of sp³-hybridized carbons (Fsp3) is 0.750. The second-order valence-corrected chi connectivity index (χ2v) is 7.77. The fourth-order valence-corrected chi connectivity index (χ4v) is 4.63. The first-order valence-electron chi connectivity index (χ1n) is 10.2. The van der Waals surface area contributed by atoms with Gasteiger partial charge < -0.3 is 15.0 Å². The van der Waals surface area contributed by atoms with Crippen LogP contribution >= 0.6 is 0 Å². The van der Waals surface area contributed by atoms with Gasteiger partial charge in [-0.3, -0.25) is 4.90 Å². The molecule has 5 heteroatoms. The average molecular weight is 345 g/mol. The first kappa shape index (κ1) is 17.1. The summed E-state index contributed by atoms with van der Waals surface area (Å²) in [5.74, 6) is 1.03. The lowest BCUT2D eigenvalue weighted by Crippen LogP contribution is -2.47. The molecule has 3 aliphatic rings. The molecule has 4 rings (SSSR count). The highest BCUT2D eigenvalue weighted by molar-refractivity contribution is 5.54. The minimum atomic E-state index is 0.531. The van der Waals surface area contributed by atoms with E-state index in [2.05, 4.69) is 32.2 Å². The molecule has 1 atom stereocenters. The Balaban J connectivity index is 1.36. The van der Waals surface area contributed by atoms with Crippen molar-refractivity contribution >= 4 is 11.5 Å². The highest BCUT2D eigenvalue weighted by Gasteiger charge is 2.27. The first-order chi connectivity index (χ1) is 12.4. The number of ether oxygens (including phenoxy) is 1. The van der Waals surface area contributed by atoms with E-state index < -0.39 is 0 Å². The molecule has 25 heavy (non-hydrogen) atoms. The van der Waals surface area contributed by atoms with Gasteiger partial charge in [0, 0.05) is 49.7 Å². The molecule has 1 saturated carbocycles. The van der Waals surface area contributed by atoms with E-state index in [1.807, 2.05) is 6.20 Å². The van der Waals surface area contributed by atoms with Crippen molar-refractivity contribution in [1.29, 1.82) is 0 Å². The van der Waals surface area contributed by atoms with Crippen LogP contribution in [-0.2, 0) is 4.74 Å². The summed E-state index contributed by atoms with van der Waals surface area (Å²) in [6.07, 6.45) is 11.6. The Labute approximate surface area is 151 Å². The summed E-state index contributed by atoms with van der Waals surface area (Å²) in [7, 11) is 0. The van der Waals surface area contributed by atoms with E-state index in [0.717, 1.165) is 38.2 Å². The van der Waals surface area contributed by atoms with E-state index in [9.17, 15) is 0 Å². The van der Waals surface area contributed by atoms with E-state index in [1.165, 1.54) is 63.7 Å². The zero-order valence-electron chi connectivity index (χ0n) is 15.3. The van der Waals surface area contributed by atoms with Gasteiger partial charge in [-0.2, -0.15) is 0 Å². The minimum Gasteiger partial charge on any atom is -0.378 e. The van der Waals surface area contributed by atoms with Crippen LogP contribution in [0.2, 0.25) is 0 Å². The SMILES string of the molecule is c1cc(N2CCOCC2)cc(N[C@@H]2CCCN(C3CCCCC3)C2)n1. The van der Waals surface area contributed by atoms with E-state index in [-0.39, 0.29) is 0 Å². The van der Waals surface area contributed by atoms with Gasteiger partial charge in [0.15, 0.2) is 0 Å². The molecule has 0 aromatic carbocycles. The quantitative estimate of drug-likeness (QED) is 0.909. The predicted molar refractivity (Wildman–Crippen MR) is 102 cm³/mol. The minimum absolute atomic E-state index is 0.531. The molecule has 0 unspecified atom stereocenters. The van der Waals surface area contributed by atoms with Crippen molar-refractivity contribution in [2.45, 2.75) is 57.0 Å². The monoisotopic (exact) mass is 344 g/mol. The summed E-state index contributed by atoms with van der Waals surface area (Å²) in [6, 6.07) is 5.69. The molecule has 0 radical (unpaired) electrons. The normalized spacial score (nSPS) is 26.6. The standard InChI is InChI=1S/C20H32N4O/c1-2-6-18(7-3-1)24-10-4-5-17(16-24)22-20-15-19(8-9-21-20)23-11-13-25-14-12-23/h8-9,15,17-18H,1-7,10-14,16H2,(H,21,22)/t17-/m1/s1. The van der Waals surface area contributed by atoms with E-state index in [0.29, 0.717) is 6.04 Å². The van der Waals surface area contributed by atoms with Gasteiger partial charge >= 0.3 is 0 Å².